The molecule has 1 aromatic heterocycles. The first-order valence-corrected chi connectivity index (χ1v) is 6.44. The smallest absolute Gasteiger partial charge is 0.253 e. The number of rotatable bonds is 6. The number of benzene rings is 1. The summed E-state index contributed by atoms with van der Waals surface area (Å²) in [6.45, 7) is 4.37. The zero-order valence-corrected chi connectivity index (χ0v) is 11.5. The Morgan fingerprint density at radius 3 is 2.79 bits per heavy atom. The summed E-state index contributed by atoms with van der Waals surface area (Å²) in [5, 5.41) is 11.0. The Labute approximate surface area is 113 Å². The van der Waals surface area contributed by atoms with Crippen LogP contribution in [0.25, 0.3) is 0 Å². The Hall–Kier alpha value is -1.88. The summed E-state index contributed by atoms with van der Waals surface area (Å²) in [6.07, 6.45) is 0.738. The van der Waals surface area contributed by atoms with E-state index in [9.17, 15) is 0 Å². The number of hydrogen-bond donors (Lipinski definition) is 1. The predicted molar refractivity (Wildman–Crippen MR) is 71.9 cm³/mol. The van der Waals surface area contributed by atoms with Crippen LogP contribution in [0, 0.1) is 0 Å². The second kappa shape index (κ2) is 6.33. The van der Waals surface area contributed by atoms with Gasteiger partial charge in [0.2, 0.25) is 5.89 Å². The number of ether oxygens (including phenoxy) is 1. The van der Waals surface area contributed by atoms with Crippen LogP contribution in [0.3, 0.4) is 0 Å². The van der Waals surface area contributed by atoms with E-state index in [1.807, 2.05) is 32.2 Å². The summed E-state index contributed by atoms with van der Waals surface area (Å²) >= 11 is 0. The van der Waals surface area contributed by atoms with Gasteiger partial charge in [0.1, 0.15) is 5.75 Å². The minimum absolute atomic E-state index is 0.290. The molecule has 5 nitrogen and oxygen atoms in total. The molecular formula is C14H19N3O2. The Bertz CT molecular complexity index is 525. The molecule has 0 saturated heterocycles. The topological polar surface area (TPSA) is 60.2 Å². The monoisotopic (exact) mass is 261 g/mol. The zero-order valence-electron chi connectivity index (χ0n) is 11.5. The standard InChI is InChI=1S/C14H19N3O2/c1-4-13-16-17-14(19-13)9-18-12-7-5-6-11(8-12)10(2)15-3/h5-8,10,15H,4,9H2,1-3H3. The van der Waals surface area contributed by atoms with Crippen molar-refractivity contribution in [3.05, 3.63) is 41.6 Å². The van der Waals surface area contributed by atoms with E-state index in [0.717, 1.165) is 12.2 Å². The molecule has 19 heavy (non-hydrogen) atoms. The fourth-order valence-corrected chi connectivity index (χ4v) is 1.67. The average molecular weight is 261 g/mol. The van der Waals surface area contributed by atoms with Crippen LogP contribution in [0.4, 0.5) is 0 Å². The molecule has 0 bridgehead atoms. The van der Waals surface area contributed by atoms with E-state index in [0.29, 0.717) is 24.4 Å². The highest BCUT2D eigenvalue weighted by atomic mass is 16.5. The lowest BCUT2D eigenvalue weighted by Crippen LogP contribution is -2.12. The maximum absolute atomic E-state index is 5.66. The van der Waals surface area contributed by atoms with Crippen molar-refractivity contribution in [1.29, 1.82) is 0 Å². The number of hydrogen-bond acceptors (Lipinski definition) is 5. The molecule has 1 N–H and O–H groups in total. The molecule has 0 aliphatic carbocycles. The van der Waals surface area contributed by atoms with Crippen LogP contribution in [-0.2, 0) is 13.0 Å². The predicted octanol–water partition coefficient (Wildman–Crippen LogP) is 2.49. The first-order valence-electron chi connectivity index (χ1n) is 6.44. The molecular weight excluding hydrogens is 242 g/mol. The summed E-state index contributed by atoms with van der Waals surface area (Å²) in [7, 11) is 1.93. The summed E-state index contributed by atoms with van der Waals surface area (Å²) < 4.78 is 11.1. The summed E-state index contributed by atoms with van der Waals surface area (Å²) in [4.78, 5) is 0. The lowest BCUT2D eigenvalue weighted by Gasteiger charge is -2.12. The molecule has 1 unspecified atom stereocenters. The van der Waals surface area contributed by atoms with Crippen LogP contribution < -0.4 is 10.1 Å². The van der Waals surface area contributed by atoms with Crippen molar-refractivity contribution in [2.75, 3.05) is 7.05 Å². The first-order chi connectivity index (χ1) is 9.22. The molecule has 0 spiro atoms. The number of nitrogens with one attached hydrogen (secondary N) is 1. The van der Waals surface area contributed by atoms with Gasteiger partial charge in [-0.3, -0.25) is 0 Å². The molecule has 0 amide bonds. The van der Waals surface area contributed by atoms with Crippen LogP contribution in [0.5, 0.6) is 5.75 Å². The van der Waals surface area contributed by atoms with Gasteiger partial charge in [0.25, 0.3) is 5.89 Å². The van der Waals surface area contributed by atoms with Gasteiger partial charge in [0.05, 0.1) is 0 Å². The minimum atomic E-state index is 0.290. The zero-order chi connectivity index (χ0) is 13.7. The highest BCUT2D eigenvalue weighted by Crippen LogP contribution is 2.19. The fourth-order valence-electron chi connectivity index (χ4n) is 1.67. The van der Waals surface area contributed by atoms with Crippen LogP contribution in [0.1, 0.15) is 37.2 Å². The highest BCUT2D eigenvalue weighted by Gasteiger charge is 2.07. The molecule has 0 aliphatic heterocycles. The van der Waals surface area contributed by atoms with E-state index in [1.165, 1.54) is 5.56 Å². The van der Waals surface area contributed by atoms with Crippen LogP contribution >= 0.6 is 0 Å². The third kappa shape index (κ3) is 3.54. The van der Waals surface area contributed by atoms with Gasteiger partial charge < -0.3 is 14.5 Å². The van der Waals surface area contributed by atoms with E-state index in [1.54, 1.807) is 0 Å². The Kier molecular flexibility index (Phi) is 4.52. The molecule has 2 aromatic rings. The van der Waals surface area contributed by atoms with Gasteiger partial charge in [-0.15, -0.1) is 10.2 Å². The molecule has 0 fully saturated rings. The number of aryl methyl sites for hydroxylation is 1. The van der Waals surface area contributed by atoms with Crippen LogP contribution in [0.15, 0.2) is 28.7 Å². The molecule has 1 heterocycles. The van der Waals surface area contributed by atoms with Gasteiger partial charge in [-0.2, -0.15) is 0 Å². The molecule has 0 radical (unpaired) electrons. The van der Waals surface area contributed by atoms with Crippen molar-refractivity contribution in [1.82, 2.24) is 15.5 Å². The summed E-state index contributed by atoms with van der Waals surface area (Å²) in [5.41, 5.74) is 1.18. The largest absolute Gasteiger partial charge is 0.484 e. The third-order valence-corrected chi connectivity index (χ3v) is 2.96. The maximum Gasteiger partial charge on any atom is 0.253 e. The van der Waals surface area contributed by atoms with E-state index in [2.05, 4.69) is 28.5 Å². The lowest BCUT2D eigenvalue weighted by molar-refractivity contribution is 0.259. The van der Waals surface area contributed by atoms with Crippen molar-refractivity contribution >= 4 is 0 Å². The second-order valence-electron chi connectivity index (χ2n) is 4.31. The highest BCUT2D eigenvalue weighted by molar-refractivity contribution is 5.30. The van der Waals surface area contributed by atoms with Crippen molar-refractivity contribution in [3.63, 3.8) is 0 Å². The molecule has 1 atom stereocenters. The van der Waals surface area contributed by atoms with E-state index in [-0.39, 0.29) is 0 Å². The van der Waals surface area contributed by atoms with Crippen molar-refractivity contribution in [2.45, 2.75) is 32.9 Å². The van der Waals surface area contributed by atoms with E-state index >= 15 is 0 Å². The molecule has 5 heteroatoms. The van der Waals surface area contributed by atoms with Crippen LogP contribution in [0.2, 0.25) is 0 Å². The molecule has 102 valence electrons. The molecule has 2 rings (SSSR count). The minimum Gasteiger partial charge on any atom is -0.484 e. The Balaban J connectivity index is 1.99. The Morgan fingerprint density at radius 1 is 1.32 bits per heavy atom. The van der Waals surface area contributed by atoms with Crippen molar-refractivity contribution in [2.24, 2.45) is 0 Å². The fraction of sp³-hybridized carbons (Fsp3) is 0.429. The molecule has 0 aliphatic rings. The quantitative estimate of drug-likeness (QED) is 0.865. The van der Waals surface area contributed by atoms with Gasteiger partial charge in [0.15, 0.2) is 6.61 Å². The third-order valence-electron chi connectivity index (χ3n) is 2.96. The van der Waals surface area contributed by atoms with Gasteiger partial charge in [-0.05, 0) is 31.7 Å². The van der Waals surface area contributed by atoms with Crippen molar-refractivity contribution in [3.8, 4) is 5.75 Å². The SMILES string of the molecule is CCc1nnc(COc2cccc(C(C)NC)c2)o1. The summed E-state index contributed by atoms with van der Waals surface area (Å²) in [6, 6.07) is 8.26. The normalized spacial score (nSPS) is 12.4. The van der Waals surface area contributed by atoms with Crippen molar-refractivity contribution < 1.29 is 9.15 Å². The molecule has 1 aromatic carbocycles. The first kappa shape index (κ1) is 13.5. The number of nitrogens with zero attached hydrogens (tertiary/aromatic N) is 2. The average Bonchev–Trinajstić information content (AvgIpc) is 2.92. The van der Waals surface area contributed by atoms with Crippen LogP contribution in [-0.4, -0.2) is 17.2 Å². The van der Waals surface area contributed by atoms with Gasteiger partial charge in [-0.1, -0.05) is 19.1 Å². The molecule has 0 saturated carbocycles. The van der Waals surface area contributed by atoms with Gasteiger partial charge in [-0.25, -0.2) is 0 Å². The summed E-state index contributed by atoms with van der Waals surface area (Å²) in [5.74, 6) is 1.94. The van der Waals surface area contributed by atoms with Gasteiger partial charge in [0, 0.05) is 12.5 Å². The second-order valence-corrected chi connectivity index (χ2v) is 4.31. The lowest BCUT2D eigenvalue weighted by atomic mass is 10.1. The maximum atomic E-state index is 5.66. The van der Waals surface area contributed by atoms with Gasteiger partial charge >= 0.3 is 0 Å². The van der Waals surface area contributed by atoms with E-state index < -0.39 is 0 Å². The Morgan fingerprint density at radius 2 is 2.11 bits per heavy atom. The van der Waals surface area contributed by atoms with E-state index in [4.69, 9.17) is 9.15 Å². The number of aromatic nitrogens is 2.